The number of benzene rings is 1. The Balaban J connectivity index is 1.84. The third-order valence-corrected chi connectivity index (χ3v) is 4.43. The van der Waals surface area contributed by atoms with Gasteiger partial charge in [-0.2, -0.15) is 0 Å². The summed E-state index contributed by atoms with van der Waals surface area (Å²) in [6.07, 6.45) is 2.65. The van der Waals surface area contributed by atoms with E-state index in [-0.39, 0.29) is 0 Å². The third-order valence-electron chi connectivity index (χ3n) is 3.02. The van der Waals surface area contributed by atoms with E-state index in [1.165, 1.54) is 6.33 Å². The summed E-state index contributed by atoms with van der Waals surface area (Å²) in [5, 5.41) is 6.16. The maximum Gasteiger partial charge on any atom is 0.229 e. The first-order valence-corrected chi connectivity index (χ1v) is 9.28. The Morgan fingerprint density at radius 3 is 2.82 bits per heavy atom. The fraction of sp³-hybridized carbons (Fsp3) is 0.143. The molecule has 0 saturated carbocycles. The van der Waals surface area contributed by atoms with Crippen molar-refractivity contribution in [2.45, 2.75) is 6.54 Å². The lowest BCUT2D eigenvalue weighted by Crippen LogP contribution is -2.12. The highest BCUT2D eigenvalue weighted by molar-refractivity contribution is 7.92. The largest absolute Gasteiger partial charge is 0.365 e. The van der Waals surface area contributed by atoms with Gasteiger partial charge in [0, 0.05) is 6.54 Å². The van der Waals surface area contributed by atoms with Crippen molar-refractivity contribution in [2.24, 2.45) is 0 Å². The Morgan fingerprint density at radius 1 is 1.18 bits per heavy atom. The van der Waals surface area contributed by atoms with Crippen LogP contribution in [0.15, 0.2) is 42.0 Å². The number of sulfonamides is 1. The molecule has 0 fully saturated rings. The van der Waals surface area contributed by atoms with E-state index < -0.39 is 10.0 Å². The molecular formula is C14H14N4O2S2. The van der Waals surface area contributed by atoms with E-state index in [0.29, 0.717) is 12.2 Å². The summed E-state index contributed by atoms with van der Waals surface area (Å²) in [5.74, 6) is 0.736. The molecular weight excluding hydrogens is 320 g/mol. The summed E-state index contributed by atoms with van der Waals surface area (Å²) < 4.78 is 25.4. The average molecular weight is 334 g/mol. The van der Waals surface area contributed by atoms with Gasteiger partial charge in [0.2, 0.25) is 10.0 Å². The van der Waals surface area contributed by atoms with Gasteiger partial charge in [0.05, 0.1) is 17.3 Å². The van der Waals surface area contributed by atoms with Crippen molar-refractivity contribution in [1.82, 2.24) is 9.97 Å². The topological polar surface area (TPSA) is 84.0 Å². The molecule has 3 aromatic rings. The van der Waals surface area contributed by atoms with Crippen LogP contribution in [0, 0.1) is 0 Å². The number of rotatable bonds is 5. The molecule has 2 N–H and O–H groups in total. The Hall–Kier alpha value is -2.19. The second-order valence-corrected chi connectivity index (χ2v) is 7.39. The van der Waals surface area contributed by atoms with E-state index in [1.807, 2.05) is 23.6 Å². The van der Waals surface area contributed by atoms with E-state index in [9.17, 15) is 8.42 Å². The molecule has 8 heteroatoms. The molecule has 0 atom stereocenters. The molecule has 1 aromatic carbocycles. The van der Waals surface area contributed by atoms with Gasteiger partial charge in [-0.05, 0) is 23.1 Å². The summed E-state index contributed by atoms with van der Waals surface area (Å²) in [7, 11) is -3.31. The Labute approximate surface area is 132 Å². The summed E-state index contributed by atoms with van der Waals surface area (Å²) in [4.78, 5) is 9.36. The molecule has 0 radical (unpaired) electrons. The minimum atomic E-state index is -3.31. The van der Waals surface area contributed by atoms with Crippen molar-refractivity contribution in [2.75, 3.05) is 16.3 Å². The predicted octanol–water partition coefficient (Wildman–Crippen LogP) is 2.67. The maximum atomic E-state index is 11.4. The Bertz CT molecular complexity index is 906. The zero-order chi connectivity index (χ0) is 15.6. The normalized spacial score (nSPS) is 11.5. The molecule has 6 nitrogen and oxygen atoms in total. The molecule has 0 unspecified atom stereocenters. The molecule has 0 saturated heterocycles. The number of nitrogens with one attached hydrogen (secondary N) is 2. The number of hydrogen-bond donors (Lipinski definition) is 2. The number of thiophene rings is 1. The molecule has 2 aromatic heterocycles. The number of aromatic nitrogens is 2. The van der Waals surface area contributed by atoms with Crippen LogP contribution in [0.1, 0.15) is 5.56 Å². The Morgan fingerprint density at radius 2 is 2.00 bits per heavy atom. The smallest absolute Gasteiger partial charge is 0.229 e. The van der Waals surface area contributed by atoms with Crippen molar-refractivity contribution < 1.29 is 8.42 Å². The van der Waals surface area contributed by atoms with Gasteiger partial charge in [0.25, 0.3) is 0 Å². The van der Waals surface area contributed by atoms with Crippen LogP contribution in [-0.4, -0.2) is 24.6 Å². The van der Waals surface area contributed by atoms with Crippen LogP contribution >= 0.6 is 11.3 Å². The number of anilines is 2. The van der Waals surface area contributed by atoms with Gasteiger partial charge in [-0.25, -0.2) is 18.4 Å². The predicted molar refractivity (Wildman–Crippen MR) is 89.7 cm³/mol. The van der Waals surface area contributed by atoms with Crippen LogP contribution in [0.2, 0.25) is 0 Å². The molecule has 22 heavy (non-hydrogen) atoms. The van der Waals surface area contributed by atoms with Gasteiger partial charge in [-0.15, -0.1) is 11.3 Å². The molecule has 0 aliphatic carbocycles. The summed E-state index contributed by atoms with van der Waals surface area (Å²) in [6.45, 7) is 0.459. The lowest BCUT2D eigenvalue weighted by Gasteiger charge is -2.12. The highest BCUT2D eigenvalue weighted by Gasteiger charge is 2.08. The van der Waals surface area contributed by atoms with Gasteiger partial charge in [0.1, 0.15) is 17.0 Å². The molecule has 0 bridgehead atoms. The van der Waals surface area contributed by atoms with E-state index in [1.54, 1.807) is 23.5 Å². The maximum absolute atomic E-state index is 11.4. The number of hydrogen-bond acceptors (Lipinski definition) is 6. The molecule has 3 rings (SSSR count). The van der Waals surface area contributed by atoms with Gasteiger partial charge >= 0.3 is 0 Å². The van der Waals surface area contributed by atoms with Crippen LogP contribution in [0.5, 0.6) is 0 Å². The van der Waals surface area contributed by atoms with Crippen molar-refractivity contribution >= 4 is 43.1 Å². The number of nitrogens with zero attached hydrogens (tertiary/aromatic N) is 2. The van der Waals surface area contributed by atoms with E-state index in [4.69, 9.17) is 0 Å². The van der Waals surface area contributed by atoms with Gasteiger partial charge in [0.15, 0.2) is 0 Å². The quantitative estimate of drug-likeness (QED) is 0.749. The van der Waals surface area contributed by atoms with E-state index >= 15 is 0 Å². The van der Waals surface area contributed by atoms with Crippen molar-refractivity contribution in [3.8, 4) is 0 Å². The third kappa shape index (κ3) is 3.34. The first-order valence-electron chi connectivity index (χ1n) is 6.51. The summed E-state index contributed by atoms with van der Waals surface area (Å²) in [5.41, 5.74) is 1.41. The number of para-hydroxylation sites is 1. The average Bonchev–Trinajstić information content (AvgIpc) is 2.93. The first-order chi connectivity index (χ1) is 10.5. The van der Waals surface area contributed by atoms with Crippen LogP contribution in [0.3, 0.4) is 0 Å². The lowest BCUT2D eigenvalue weighted by molar-refractivity contribution is 0.606. The first kappa shape index (κ1) is 14.7. The molecule has 0 amide bonds. The fourth-order valence-electron chi connectivity index (χ4n) is 2.08. The van der Waals surface area contributed by atoms with Gasteiger partial charge < -0.3 is 5.32 Å². The van der Waals surface area contributed by atoms with Gasteiger partial charge in [-0.3, -0.25) is 4.72 Å². The second kappa shape index (κ2) is 5.90. The SMILES string of the molecule is CS(=O)(=O)Nc1ccccc1CNc1ncnc2sccc12. The highest BCUT2D eigenvalue weighted by atomic mass is 32.2. The van der Waals surface area contributed by atoms with Crippen molar-refractivity contribution in [3.05, 3.63) is 47.6 Å². The second-order valence-electron chi connectivity index (χ2n) is 4.75. The van der Waals surface area contributed by atoms with Crippen LogP contribution in [-0.2, 0) is 16.6 Å². The van der Waals surface area contributed by atoms with Gasteiger partial charge in [-0.1, -0.05) is 18.2 Å². The summed E-state index contributed by atoms with van der Waals surface area (Å²) in [6, 6.07) is 9.22. The zero-order valence-electron chi connectivity index (χ0n) is 11.8. The van der Waals surface area contributed by atoms with Crippen molar-refractivity contribution in [3.63, 3.8) is 0 Å². The van der Waals surface area contributed by atoms with E-state index in [2.05, 4.69) is 20.0 Å². The molecule has 0 aliphatic rings. The minimum Gasteiger partial charge on any atom is -0.365 e. The molecule has 0 aliphatic heterocycles. The fourth-order valence-corrected chi connectivity index (χ4v) is 3.41. The molecule has 0 spiro atoms. The summed E-state index contributed by atoms with van der Waals surface area (Å²) >= 11 is 1.55. The standard InChI is InChI=1S/C14H14N4O2S2/c1-22(19,20)18-12-5-3-2-4-10(12)8-15-13-11-6-7-21-14(11)17-9-16-13/h2-7,9,18H,8H2,1H3,(H,15,16,17). The van der Waals surface area contributed by atoms with Crippen LogP contribution in [0.25, 0.3) is 10.2 Å². The van der Waals surface area contributed by atoms with Crippen LogP contribution < -0.4 is 10.0 Å². The Kier molecular flexibility index (Phi) is 3.95. The molecule has 114 valence electrons. The molecule has 2 heterocycles. The number of fused-ring (bicyclic) bond motifs is 1. The van der Waals surface area contributed by atoms with Crippen LogP contribution in [0.4, 0.5) is 11.5 Å². The van der Waals surface area contributed by atoms with E-state index in [0.717, 1.165) is 27.9 Å². The lowest BCUT2D eigenvalue weighted by atomic mass is 10.2. The monoisotopic (exact) mass is 334 g/mol. The van der Waals surface area contributed by atoms with Crippen molar-refractivity contribution in [1.29, 1.82) is 0 Å². The minimum absolute atomic E-state index is 0.459. The highest BCUT2D eigenvalue weighted by Crippen LogP contribution is 2.25. The zero-order valence-corrected chi connectivity index (χ0v) is 13.4.